The monoisotopic (exact) mass is 386 g/mol. The summed E-state index contributed by atoms with van der Waals surface area (Å²) in [6.07, 6.45) is -0.0235. The Morgan fingerprint density at radius 2 is 1.96 bits per heavy atom. The van der Waals surface area contributed by atoms with Crippen molar-refractivity contribution in [1.82, 2.24) is 25.5 Å². The number of nitrogens with zero attached hydrogens (tertiary/aromatic N) is 4. The van der Waals surface area contributed by atoms with E-state index in [1.54, 1.807) is 31.3 Å². The van der Waals surface area contributed by atoms with Crippen molar-refractivity contribution in [3.63, 3.8) is 0 Å². The van der Waals surface area contributed by atoms with Gasteiger partial charge >= 0.3 is 0 Å². The van der Waals surface area contributed by atoms with Crippen LogP contribution < -0.4 is 10.6 Å². The first-order valence-corrected chi connectivity index (χ1v) is 8.30. The SMILES string of the molecule is Cn1nnnc1-c1cccc(NC(=O)CCNC(=O)c2ccc(F)cc2F)c1. The number of hydrogen-bond donors (Lipinski definition) is 2. The molecule has 0 fully saturated rings. The van der Waals surface area contributed by atoms with Gasteiger partial charge in [-0.15, -0.1) is 5.10 Å². The second kappa shape index (κ2) is 8.33. The fraction of sp³-hybridized carbons (Fsp3) is 0.167. The number of carbonyl (C=O) groups excluding carboxylic acids is 2. The number of aromatic nitrogens is 4. The molecule has 1 aromatic heterocycles. The van der Waals surface area contributed by atoms with Crippen molar-refractivity contribution in [3.05, 3.63) is 59.7 Å². The number of anilines is 1. The molecule has 0 aliphatic carbocycles. The van der Waals surface area contributed by atoms with Crippen LogP contribution in [0.3, 0.4) is 0 Å². The Kier molecular flexibility index (Phi) is 5.68. The summed E-state index contributed by atoms with van der Waals surface area (Å²) in [7, 11) is 1.70. The summed E-state index contributed by atoms with van der Waals surface area (Å²) in [6, 6.07) is 9.64. The number of tetrazole rings is 1. The van der Waals surface area contributed by atoms with Crippen LogP contribution in [0.1, 0.15) is 16.8 Å². The average molecular weight is 386 g/mol. The van der Waals surface area contributed by atoms with E-state index in [0.29, 0.717) is 17.6 Å². The zero-order chi connectivity index (χ0) is 20.1. The lowest BCUT2D eigenvalue weighted by atomic mass is 10.2. The smallest absolute Gasteiger partial charge is 0.254 e. The Morgan fingerprint density at radius 1 is 1.14 bits per heavy atom. The minimum Gasteiger partial charge on any atom is -0.351 e. The van der Waals surface area contributed by atoms with Gasteiger partial charge in [-0.1, -0.05) is 12.1 Å². The number of halogens is 2. The molecule has 0 spiro atoms. The lowest BCUT2D eigenvalue weighted by Crippen LogP contribution is -2.28. The fourth-order valence-electron chi connectivity index (χ4n) is 2.49. The third kappa shape index (κ3) is 4.53. The second-order valence-corrected chi connectivity index (χ2v) is 5.89. The maximum Gasteiger partial charge on any atom is 0.254 e. The van der Waals surface area contributed by atoms with E-state index in [1.807, 2.05) is 0 Å². The normalized spacial score (nSPS) is 10.5. The number of nitrogens with one attached hydrogen (secondary N) is 2. The summed E-state index contributed by atoms with van der Waals surface area (Å²) in [6.45, 7) is -0.00558. The zero-order valence-corrected chi connectivity index (χ0v) is 14.8. The molecule has 2 aromatic carbocycles. The molecule has 0 unspecified atom stereocenters. The number of benzene rings is 2. The number of rotatable bonds is 6. The molecule has 10 heteroatoms. The highest BCUT2D eigenvalue weighted by Crippen LogP contribution is 2.19. The molecule has 0 radical (unpaired) electrons. The highest BCUT2D eigenvalue weighted by molar-refractivity contribution is 5.95. The number of aryl methyl sites for hydroxylation is 1. The van der Waals surface area contributed by atoms with Crippen molar-refractivity contribution in [1.29, 1.82) is 0 Å². The van der Waals surface area contributed by atoms with Gasteiger partial charge in [0.1, 0.15) is 11.6 Å². The van der Waals surface area contributed by atoms with Crippen molar-refractivity contribution in [3.8, 4) is 11.4 Å². The van der Waals surface area contributed by atoms with E-state index in [9.17, 15) is 18.4 Å². The Hall–Kier alpha value is -3.69. The van der Waals surface area contributed by atoms with Gasteiger partial charge in [-0.25, -0.2) is 13.5 Å². The van der Waals surface area contributed by atoms with Gasteiger partial charge in [-0.2, -0.15) is 0 Å². The Bertz CT molecular complexity index is 1020. The lowest BCUT2D eigenvalue weighted by Gasteiger charge is -2.08. The van der Waals surface area contributed by atoms with E-state index < -0.39 is 17.5 Å². The van der Waals surface area contributed by atoms with Crippen LogP contribution in [-0.4, -0.2) is 38.6 Å². The summed E-state index contributed by atoms with van der Waals surface area (Å²) in [5, 5.41) is 16.4. The van der Waals surface area contributed by atoms with Gasteiger partial charge in [0, 0.05) is 37.3 Å². The van der Waals surface area contributed by atoms with Crippen molar-refractivity contribution >= 4 is 17.5 Å². The van der Waals surface area contributed by atoms with Crippen molar-refractivity contribution < 1.29 is 18.4 Å². The van der Waals surface area contributed by atoms with Gasteiger partial charge in [0.2, 0.25) is 5.91 Å². The van der Waals surface area contributed by atoms with Gasteiger partial charge in [0.25, 0.3) is 5.91 Å². The molecule has 28 heavy (non-hydrogen) atoms. The molecule has 2 N–H and O–H groups in total. The first-order chi connectivity index (χ1) is 13.4. The summed E-state index contributed by atoms with van der Waals surface area (Å²) in [5.74, 6) is -2.25. The fourth-order valence-corrected chi connectivity index (χ4v) is 2.49. The van der Waals surface area contributed by atoms with Crippen LogP contribution in [-0.2, 0) is 11.8 Å². The van der Waals surface area contributed by atoms with E-state index in [2.05, 4.69) is 26.2 Å². The summed E-state index contributed by atoms with van der Waals surface area (Å²) in [5.41, 5.74) is 0.985. The maximum absolute atomic E-state index is 13.6. The predicted octanol–water partition coefficient (Wildman–Crippen LogP) is 1.91. The van der Waals surface area contributed by atoms with Crippen LogP contribution in [0.5, 0.6) is 0 Å². The van der Waals surface area contributed by atoms with Crippen molar-refractivity contribution in [2.24, 2.45) is 7.05 Å². The molecule has 0 saturated heterocycles. The average Bonchev–Trinajstić information content (AvgIpc) is 3.07. The van der Waals surface area contributed by atoms with E-state index in [0.717, 1.165) is 17.7 Å². The van der Waals surface area contributed by atoms with Gasteiger partial charge < -0.3 is 10.6 Å². The van der Waals surface area contributed by atoms with Crippen LogP contribution in [0.4, 0.5) is 14.5 Å². The topological polar surface area (TPSA) is 102 Å². The van der Waals surface area contributed by atoms with E-state index in [4.69, 9.17) is 0 Å². The molecular weight excluding hydrogens is 370 g/mol. The highest BCUT2D eigenvalue weighted by Gasteiger charge is 2.13. The molecule has 144 valence electrons. The number of amides is 2. The molecular formula is C18H16F2N6O2. The van der Waals surface area contributed by atoms with Crippen molar-refractivity contribution in [2.75, 3.05) is 11.9 Å². The van der Waals surface area contributed by atoms with Crippen LogP contribution in [0.2, 0.25) is 0 Å². The molecule has 0 bridgehead atoms. The molecule has 0 aliphatic rings. The molecule has 8 nitrogen and oxygen atoms in total. The number of carbonyl (C=O) groups is 2. The Morgan fingerprint density at radius 3 is 2.68 bits per heavy atom. The van der Waals surface area contributed by atoms with E-state index in [1.165, 1.54) is 4.68 Å². The van der Waals surface area contributed by atoms with Crippen LogP contribution in [0.15, 0.2) is 42.5 Å². The third-order valence-electron chi connectivity index (χ3n) is 3.84. The van der Waals surface area contributed by atoms with Crippen LogP contribution in [0, 0.1) is 11.6 Å². The molecule has 3 aromatic rings. The van der Waals surface area contributed by atoms with Crippen LogP contribution >= 0.6 is 0 Å². The molecule has 0 atom stereocenters. The number of hydrogen-bond acceptors (Lipinski definition) is 5. The Balaban J connectivity index is 1.53. The summed E-state index contributed by atoms with van der Waals surface area (Å²) in [4.78, 5) is 24.0. The van der Waals surface area contributed by atoms with Gasteiger partial charge in [-0.05, 0) is 34.7 Å². The van der Waals surface area contributed by atoms with Crippen molar-refractivity contribution in [2.45, 2.75) is 6.42 Å². The standard InChI is InChI=1S/C18H16F2N6O2/c1-26-17(23-24-25-26)11-3-2-4-13(9-11)22-16(27)7-8-21-18(28)14-6-5-12(19)10-15(14)20/h2-6,9-10H,7-8H2,1H3,(H,21,28)(H,22,27). The van der Waals surface area contributed by atoms with E-state index in [-0.39, 0.29) is 24.4 Å². The third-order valence-corrected chi connectivity index (χ3v) is 3.84. The lowest BCUT2D eigenvalue weighted by molar-refractivity contribution is -0.116. The first-order valence-electron chi connectivity index (χ1n) is 8.30. The second-order valence-electron chi connectivity index (χ2n) is 5.89. The summed E-state index contributed by atoms with van der Waals surface area (Å²) < 4.78 is 27.9. The minimum atomic E-state index is -0.961. The zero-order valence-electron chi connectivity index (χ0n) is 14.8. The highest BCUT2D eigenvalue weighted by atomic mass is 19.1. The Labute approximate surface area is 158 Å². The molecule has 1 heterocycles. The molecule has 2 amide bonds. The maximum atomic E-state index is 13.6. The van der Waals surface area contributed by atoms with Gasteiger partial charge in [0.15, 0.2) is 5.82 Å². The first kappa shape index (κ1) is 19.1. The summed E-state index contributed by atoms with van der Waals surface area (Å²) >= 11 is 0. The largest absolute Gasteiger partial charge is 0.351 e. The molecule has 0 saturated carbocycles. The van der Waals surface area contributed by atoms with Crippen LogP contribution in [0.25, 0.3) is 11.4 Å². The quantitative estimate of drug-likeness (QED) is 0.674. The van der Waals surface area contributed by atoms with Gasteiger partial charge in [0.05, 0.1) is 5.56 Å². The molecule has 3 rings (SSSR count). The van der Waals surface area contributed by atoms with Gasteiger partial charge in [-0.3, -0.25) is 9.59 Å². The minimum absolute atomic E-state index is 0.00558. The molecule has 0 aliphatic heterocycles. The van der Waals surface area contributed by atoms with E-state index >= 15 is 0 Å². The predicted molar refractivity (Wildman–Crippen MR) is 96.2 cm³/mol.